The Morgan fingerprint density at radius 1 is 1.42 bits per heavy atom. The second-order valence-corrected chi connectivity index (χ2v) is 5.14. The molecular formula is C13H21NO5. The van der Waals surface area contributed by atoms with Crippen LogP contribution in [0, 0.1) is 0 Å². The zero-order chi connectivity index (χ0) is 13.8. The second kappa shape index (κ2) is 6.34. The molecule has 108 valence electrons. The molecule has 2 aliphatic heterocycles. The number of aliphatic carboxylic acids is 1. The number of amides is 1. The summed E-state index contributed by atoms with van der Waals surface area (Å²) >= 11 is 0. The third-order valence-corrected chi connectivity index (χ3v) is 3.72. The van der Waals surface area contributed by atoms with Gasteiger partial charge < -0.3 is 19.5 Å². The molecule has 0 aliphatic carbocycles. The minimum atomic E-state index is -0.933. The molecule has 19 heavy (non-hydrogen) atoms. The molecule has 6 heteroatoms. The van der Waals surface area contributed by atoms with E-state index in [1.807, 2.05) is 0 Å². The standard InChI is InChI=1S/C13H21NO5/c1-9(19-8-10-4-3-7-18-10)12(15)14-6-2-5-11(14)13(16)17/h9-11H,2-8H2,1H3,(H,16,17)/t9-,10-,11-/m1/s1. The monoisotopic (exact) mass is 271 g/mol. The van der Waals surface area contributed by atoms with Crippen molar-refractivity contribution in [3.05, 3.63) is 0 Å². The summed E-state index contributed by atoms with van der Waals surface area (Å²) in [5.41, 5.74) is 0. The lowest BCUT2D eigenvalue weighted by atomic mass is 10.2. The SMILES string of the molecule is C[C@@H](OC[C@H]1CCCO1)C(=O)N1CCC[C@@H]1C(=O)O. The highest BCUT2D eigenvalue weighted by atomic mass is 16.5. The Morgan fingerprint density at radius 3 is 2.84 bits per heavy atom. The number of hydrogen-bond acceptors (Lipinski definition) is 4. The van der Waals surface area contributed by atoms with Crippen LogP contribution in [0.2, 0.25) is 0 Å². The lowest BCUT2D eigenvalue weighted by molar-refractivity contribution is -0.154. The molecule has 0 aromatic carbocycles. The van der Waals surface area contributed by atoms with E-state index in [-0.39, 0.29) is 12.0 Å². The van der Waals surface area contributed by atoms with Crippen molar-refractivity contribution in [2.45, 2.75) is 50.9 Å². The average Bonchev–Trinajstić information content (AvgIpc) is 3.05. The molecule has 1 N–H and O–H groups in total. The number of rotatable bonds is 5. The van der Waals surface area contributed by atoms with Crippen molar-refractivity contribution in [2.24, 2.45) is 0 Å². The summed E-state index contributed by atoms with van der Waals surface area (Å²) in [7, 11) is 0. The number of hydrogen-bond donors (Lipinski definition) is 1. The molecule has 6 nitrogen and oxygen atoms in total. The van der Waals surface area contributed by atoms with Crippen LogP contribution in [0.4, 0.5) is 0 Å². The third kappa shape index (κ3) is 3.45. The van der Waals surface area contributed by atoms with Gasteiger partial charge in [-0.15, -0.1) is 0 Å². The van der Waals surface area contributed by atoms with E-state index in [0.29, 0.717) is 19.6 Å². The van der Waals surface area contributed by atoms with Gasteiger partial charge >= 0.3 is 5.97 Å². The molecule has 1 amide bonds. The first-order valence-electron chi connectivity index (χ1n) is 6.86. The van der Waals surface area contributed by atoms with E-state index >= 15 is 0 Å². The number of ether oxygens (including phenoxy) is 2. The van der Waals surface area contributed by atoms with Gasteiger partial charge in [-0.2, -0.15) is 0 Å². The Bertz CT molecular complexity index is 340. The normalized spacial score (nSPS) is 28.6. The highest BCUT2D eigenvalue weighted by Gasteiger charge is 2.36. The van der Waals surface area contributed by atoms with Crippen LogP contribution in [0.1, 0.15) is 32.6 Å². The predicted octanol–water partition coefficient (Wildman–Crippen LogP) is 0.646. The van der Waals surface area contributed by atoms with E-state index in [1.54, 1.807) is 6.92 Å². The van der Waals surface area contributed by atoms with Gasteiger partial charge in [-0.1, -0.05) is 0 Å². The first-order valence-corrected chi connectivity index (χ1v) is 6.86. The molecule has 3 atom stereocenters. The topological polar surface area (TPSA) is 76.1 Å². The number of carboxylic acids is 1. The van der Waals surface area contributed by atoms with Crippen LogP contribution < -0.4 is 0 Å². The fourth-order valence-corrected chi connectivity index (χ4v) is 2.62. The van der Waals surface area contributed by atoms with Gasteiger partial charge in [-0.3, -0.25) is 4.79 Å². The Balaban J connectivity index is 1.82. The summed E-state index contributed by atoms with van der Waals surface area (Å²) in [4.78, 5) is 24.6. The van der Waals surface area contributed by atoms with Crippen LogP contribution in [0.15, 0.2) is 0 Å². The Kier molecular flexibility index (Phi) is 4.76. The summed E-state index contributed by atoms with van der Waals surface area (Å²) in [5.74, 6) is -1.17. The fourth-order valence-electron chi connectivity index (χ4n) is 2.62. The van der Waals surface area contributed by atoms with Crippen molar-refractivity contribution in [1.29, 1.82) is 0 Å². The Hall–Kier alpha value is -1.14. The van der Waals surface area contributed by atoms with Crippen LogP contribution in [0.5, 0.6) is 0 Å². The maximum absolute atomic E-state index is 12.2. The first-order chi connectivity index (χ1) is 9.09. The average molecular weight is 271 g/mol. The highest BCUT2D eigenvalue weighted by molar-refractivity contribution is 5.86. The number of nitrogens with zero attached hydrogens (tertiary/aromatic N) is 1. The van der Waals surface area contributed by atoms with Gasteiger partial charge in [0.25, 0.3) is 5.91 Å². The molecule has 0 saturated carbocycles. The minimum absolute atomic E-state index is 0.0732. The maximum atomic E-state index is 12.2. The fraction of sp³-hybridized carbons (Fsp3) is 0.846. The Labute approximate surface area is 112 Å². The smallest absolute Gasteiger partial charge is 0.326 e. The highest BCUT2D eigenvalue weighted by Crippen LogP contribution is 2.20. The van der Waals surface area contributed by atoms with Gasteiger partial charge in [0.05, 0.1) is 12.7 Å². The van der Waals surface area contributed by atoms with Crippen LogP contribution in [-0.4, -0.2) is 59.9 Å². The second-order valence-electron chi connectivity index (χ2n) is 5.14. The van der Waals surface area contributed by atoms with Crippen LogP contribution in [-0.2, 0) is 19.1 Å². The molecule has 0 bridgehead atoms. The van der Waals surface area contributed by atoms with Gasteiger partial charge in [-0.25, -0.2) is 4.79 Å². The van der Waals surface area contributed by atoms with E-state index in [1.165, 1.54) is 4.90 Å². The van der Waals surface area contributed by atoms with Gasteiger partial charge in [0.15, 0.2) is 0 Å². The van der Waals surface area contributed by atoms with Crippen LogP contribution in [0.25, 0.3) is 0 Å². The van der Waals surface area contributed by atoms with Crippen molar-refractivity contribution in [3.8, 4) is 0 Å². The molecule has 0 spiro atoms. The van der Waals surface area contributed by atoms with E-state index in [0.717, 1.165) is 25.9 Å². The van der Waals surface area contributed by atoms with Crippen molar-refractivity contribution >= 4 is 11.9 Å². The number of carbonyl (C=O) groups is 2. The molecule has 2 aliphatic rings. The first kappa shape index (κ1) is 14.3. The molecule has 0 radical (unpaired) electrons. The van der Waals surface area contributed by atoms with Gasteiger partial charge in [-0.05, 0) is 32.6 Å². The van der Waals surface area contributed by atoms with Gasteiger partial charge in [0.2, 0.25) is 0 Å². The summed E-state index contributed by atoms with van der Waals surface area (Å²) in [6.45, 7) is 3.33. The molecule has 2 rings (SSSR count). The molecule has 0 aromatic heterocycles. The molecule has 0 aromatic rings. The van der Waals surface area contributed by atoms with E-state index in [2.05, 4.69) is 0 Å². The van der Waals surface area contributed by atoms with Crippen LogP contribution >= 0.6 is 0 Å². The number of carbonyl (C=O) groups excluding carboxylic acids is 1. The summed E-state index contributed by atoms with van der Waals surface area (Å²) < 4.78 is 10.9. The lowest BCUT2D eigenvalue weighted by Crippen LogP contribution is -2.45. The van der Waals surface area contributed by atoms with Gasteiger partial charge in [0.1, 0.15) is 12.1 Å². The molecule has 2 saturated heterocycles. The van der Waals surface area contributed by atoms with Gasteiger partial charge in [0, 0.05) is 13.2 Å². The molecule has 0 unspecified atom stereocenters. The van der Waals surface area contributed by atoms with Crippen molar-refractivity contribution in [2.75, 3.05) is 19.8 Å². The lowest BCUT2D eigenvalue weighted by Gasteiger charge is -2.25. The Morgan fingerprint density at radius 2 is 2.21 bits per heavy atom. The zero-order valence-electron chi connectivity index (χ0n) is 11.2. The largest absolute Gasteiger partial charge is 0.480 e. The van der Waals surface area contributed by atoms with Crippen molar-refractivity contribution in [1.82, 2.24) is 4.90 Å². The predicted molar refractivity (Wildman–Crippen MR) is 66.8 cm³/mol. The molecule has 2 heterocycles. The minimum Gasteiger partial charge on any atom is -0.480 e. The van der Waals surface area contributed by atoms with E-state index in [9.17, 15) is 9.59 Å². The number of carboxylic acid groups (broad SMARTS) is 1. The van der Waals surface area contributed by atoms with Crippen molar-refractivity contribution in [3.63, 3.8) is 0 Å². The summed E-state index contributed by atoms with van der Waals surface area (Å²) in [6, 6.07) is -0.693. The zero-order valence-corrected chi connectivity index (χ0v) is 11.2. The number of likely N-dealkylation sites (tertiary alicyclic amines) is 1. The van der Waals surface area contributed by atoms with E-state index < -0.39 is 18.1 Å². The third-order valence-electron chi connectivity index (χ3n) is 3.72. The quantitative estimate of drug-likeness (QED) is 0.794. The summed E-state index contributed by atoms with van der Waals surface area (Å²) in [5, 5.41) is 9.06. The van der Waals surface area contributed by atoms with Crippen LogP contribution in [0.3, 0.4) is 0 Å². The maximum Gasteiger partial charge on any atom is 0.326 e. The van der Waals surface area contributed by atoms with E-state index in [4.69, 9.17) is 14.6 Å². The molecule has 2 fully saturated rings. The summed E-state index contributed by atoms with van der Waals surface area (Å²) in [6.07, 6.45) is 2.72. The molecular weight excluding hydrogens is 250 g/mol. The van der Waals surface area contributed by atoms with Crippen molar-refractivity contribution < 1.29 is 24.2 Å².